The van der Waals surface area contributed by atoms with E-state index in [4.69, 9.17) is 28.4 Å². The zero-order valence-corrected chi connectivity index (χ0v) is 54.1. The lowest BCUT2D eigenvalue weighted by atomic mass is 9.96. The fraction of sp³-hybridized carbons (Fsp3) is 0.786. The van der Waals surface area contributed by atoms with Crippen molar-refractivity contribution in [1.82, 2.24) is 5.32 Å². The van der Waals surface area contributed by atoms with E-state index >= 15 is 0 Å². The molecule has 3 aliphatic rings. The number of ether oxygens (including phenoxy) is 6. The molecule has 0 saturated carbocycles. The van der Waals surface area contributed by atoms with Gasteiger partial charge in [-0.05, 0) is 83.5 Å². The Bertz CT molecular complexity index is 1940. The number of hydrogen-bond acceptors (Lipinski definition) is 18. The van der Waals surface area contributed by atoms with E-state index in [9.17, 15) is 61.0 Å². The van der Waals surface area contributed by atoms with Crippen molar-refractivity contribution in [3.63, 3.8) is 0 Å². The predicted molar refractivity (Wildman–Crippen MR) is 346 cm³/mol. The van der Waals surface area contributed by atoms with Gasteiger partial charge in [0.2, 0.25) is 5.91 Å². The van der Waals surface area contributed by atoms with Gasteiger partial charge in [-0.2, -0.15) is 0 Å². The van der Waals surface area contributed by atoms with E-state index in [-0.39, 0.29) is 12.3 Å². The van der Waals surface area contributed by atoms with Gasteiger partial charge in [0.15, 0.2) is 18.9 Å². The summed E-state index contributed by atoms with van der Waals surface area (Å²) < 4.78 is 34.2. The highest BCUT2D eigenvalue weighted by Crippen LogP contribution is 2.33. The van der Waals surface area contributed by atoms with Gasteiger partial charge in [0, 0.05) is 6.42 Å². The first-order chi connectivity index (χ1) is 43.3. The van der Waals surface area contributed by atoms with Crippen LogP contribution >= 0.6 is 0 Å². The molecule has 0 aliphatic carbocycles. The molecule has 3 rings (SSSR count). The van der Waals surface area contributed by atoms with Gasteiger partial charge in [0.25, 0.3) is 0 Å². The molecule has 19 heteroatoms. The quantitative estimate of drug-likeness (QED) is 0.0200. The molecule has 3 fully saturated rings. The topological polar surface area (TPSA) is 307 Å². The van der Waals surface area contributed by atoms with Gasteiger partial charge >= 0.3 is 0 Å². The molecule has 3 aliphatic heterocycles. The maximum absolute atomic E-state index is 13.3. The number of nitrogens with one attached hydrogen (secondary N) is 1. The van der Waals surface area contributed by atoms with E-state index < -0.39 is 131 Å². The average molecular weight is 1260 g/mol. The van der Waals surface area contributed by atoms with Crippen molar-refractivity contribution in [3.8, 4) is 0 Å². The van der Waals surface area contributed by atoms with Crippen molar-refractivity contribution in [2.75, 3.05) is 26.4 Å². The van der Waals surface area contributed by atoms with Crippen molar-refractivity contribution in [3.05, 3.63) is 85.1 Å². The van der Waals surface area contributed by atoms with Gasteiger partial charge in [0.05, 0.1) is 38.6 Å². The van der Waals surface area contributed by atoms with E-state index in [1.807, 2.05) is 6.08 Å². The molecule has 3 heterocycles. The first kappa shape index (κ1) is 80.2. The van der Waals surface area contributed by atoms with Crippen LogP contribution in [0, 0.1) is 0 Å². The number of allylic oxidation sites excluding steroid dienone is 13. The monoisotopic (exact) mass is 1260 g/mol. The lowest BCUT2D eigenvalue weighted by Gasteiger charge is -2.48. The number of rotatable bonds is 51. The molecule has 0 aromatic rings. The molecule has 0 aromatic carbocycles. The Morgan fingerprint density at radius 3 is 1.26 bits per heavy atom. The van der Waals surface area contributed by atoms with Gasteiger partial charge in [-0.1, -0.05) is 214 Å². The summed E-state index contributed by atoms with van der Waals surface area (Å²) in [6.07, 6.45) is 38.8. The second kappa shape index (κ2) is 51.4. The van der Waals surface area contributed by atoms with Crippen LogP contribution in [0.25, 0.3) is 0 Å². The molecular formula is C70H121NO18. The number of aliphatic hydroxyl groups excluding tert-OH is 11. The van der Waals surface area contributed by atoms with Gasteiger partial charge in [-0.15, -0.1) is 0 Å². The average Bonchev–Trinajstić information content (AvgIpc) is 1.97. The molecule has 0 spiro atoms. The molecule has 0 bridgehead atoms. The fourth-order valence-electron chi connectivity index (χ4n) is 11.1. The van der Waals surface area contributed by atoms with E-state index in [1.165, 1.54) is 122 Å². The zero-order chi connectivity index (χ0) is 64.7. The van der Waals surface area contributed by atoms with Crippen LogP contribution in [0.5, 0.6) is 0 Å². The van der Waals surface area contributed by atoms with Crippen molar-refractivity contribution >= 4 is 5.91 Å². The number of unbranched alkanes of at least 4 members (excludes halogenated alkanes) is 23. The molecule has 19 nitrogen and oxygen atoms in total. The Labute approximate surface area is 533 Å². The van der Waals surface area contributed by atoms with Crippen LogP contribution in [0.1, 0.15) is 219 Å². The Hall–Kier alpha value is -3.03. The molecule has 17 unspecified atom stereocenters. The zero-order valence-electron chi connectivity index (χ0n) is 54.1. The molecule has 12 N–H and O–H groups in total. The summed E-state index contributed by atoms with van der Waals surface area (Å²) >= 11 is 0. The minimum absolute atomic E-state index is 0.175. The van der Waals surface area contributed by atoms with Crippen LogP contribution < -0.4 is 5.32 Å². The van der Waals surface area contributed by atoms with Gasteiger partial charge in [0.1, 0.15) is 73.2 Å². The lowest BCUT2D eigenvalue weighted by Crippen LogP contribution is -2.66. The highest BCUT2D eigenvalue weighted by atomic mass is 16.8. The van der Waals surface area contributed by atoms with Crippen molar-refractivity contribution < 1.29 is 89.4 Å². The largest absolute Gasteiger partial charge is 0.394 e. The molecule has 17 atom stereocenters. The third-order valence-corrected chi connectivity index (χ3v) is 16.7. The highest BCUT2D eigenvalue weighted by Gasteiger charge is 2.53. The Morgan fingerprint density at radius 2 is 0.787 bits per heavy atom. The van der Waals surface area contributed by atoms with Crippen molar-refractivity contribution in [2.24, 2.45) is 0 Å². The lowest BCUT2D eigenvalue weighted by molar-refractivity contribution is -0.379. The number of carbonyl (C=O) groups is 1. The van der Waals surface area contributed by atoms with Crippen LogP contribution in [0.3, 0.4) is 0 Å². The second-order valence-corrected chi connectivity index (χ2v) is 24.2. The normalized spacial score (nSPS) is 28.8. The molecule has 514 valence electrons. The highest BCUT2D eigenvalue weighted by molar-refractivity contribution is 5.76. The van der Waals surface area contributed by atoms with Crippen LogP contribution in [-0.4, -0.2) is 193 Å². The maximum atomic E-state index is 13.3. The van der Waals surface area contributed by atoms with Crippen molar-refractivity contribution in [1.29, 1.82) is 0 Å². The Balaban J connectivity index is 1.45. The SMILES string of the molecule is CC/C=C\C/C=C\C/C=C\C/C=C\CCCCC(=O)NC(COC1OC(CO)C(OC2OC(CO)C(OC3OC(CO)C(O)C(O)C3O)C(O)C2O)C(O)C1O)C(O)/C=C/CC/C=C/CC/C=C/CCCCCCCCCCCCCCCCCCCCC. The molecule has 3 saturated heterocycles. The molecule has 89 heavy (non-hydrogen) atoms. The molecular weight excluding hydrogens is 1140 g/mol. The number of carbonyl (C=O) groups excluding carboxylic acids is 1. The van der Waals surface area contributed by atoms with E-state index in [1.54, 1.807) is 6.08 Å². The summed E-state index contributed by atoms with van der Waals surface area (Å²) in [5.41, 5.74) is 0. The van der Waals surface area contributed by atoms with E-state index in [2.05, 4.69) is 92.1 Å². The third kappa shape index (κ3) is 33.6. The van der Waals surface area contributed by atoms with Crippen LogP contribution in [-0.2, 0) is 33.2 Å². The summed E-state index contributed by atoms with van der Waals surface area (Å²) in [4.78, 5) is 13.3. The standard InChI is InChI=1S/C70H121NO18/c1-3-5-7-9-11-13-15-17-19-20-21-22-23-24-25-26-27-28-29-30-31-32-34-35-37-39-41-43-45-47-54(75)53(71-58(76)48-46-44-42-40-38-36-33-18-16-14-12-10-8-6-4-2)52-84-68-64(82)61(79)66(56(50-73)86-68)89-70-65(83)62(80)67(57(51-74)87-70)88-69-63(81)60(78)59(77)55(49-72)85-69/h6,8,12,14,18,31-33,37-40,45,47,53-57,59-70,72-75,77-83H,3-5,7,9-11,13,15-17,19-30,34-36,41-44,46,48-52H2,1-2H3,(H,71,76)/b8-6-,14-12-,32-31+,33-18-,39-37+,40-38-,47-45+. The fourth-order valence-corrected chi connectivity index (χ4v) is 11.1. The Morgan fingerprint density at radius 1 is 0.416 bits per heavy atom. The van der Waals surface area contributed by atoms with Gasteiger partial charge < -0.3 is 89.9 Å². The molecule has 0 aromatic heterocycles. The first-order valence-electron chi connectivity index (χ1n) is 34.3. The third-order valence-electron chi connectivity index (χ3n) is 16.7. The Kier molecular flexibility index (Phi) is 46.3. The van der Waals surface area contributed by atoms with Gasteiger partial charge in [-0.3, -0.25) is 4.79 Å². The molecule has 0 radical (unpaired) electrons. The summed E-state index contributed by atoms with van der Waals surface area (Å²) in [6, 6.07) is -1.02. The minimum atomic E-state index is -1.99. The minimum Gasteiger partial charge on any atom is -0.394 e. The molecule has 1 amide bonds. The van der Waals surface area contributed by atoms with Crippen LogP contribution in [0.15, 0.2) is 85.1 Å². The summed E-state index contributed by atoms with van der Waals surface area (Å²) in [6.45, 7) is 1.55. The summed E-state index contributed by atoms with van der Waals surface area (Å²) in [5.74, 6) is -0.333. The number of hydrogen-bond donors (Lipinski definition) is 12. The van der Waals surface area contributed by atoms with Crippen molar-refractivity contribution in [2.45, 2.75) is 324 Å². The van der Waals surface area contributed by atoms with Crippen LogP contribution in [0.4, 0.5) is 0 Å². The van der Waals surface area contributed by atoms with E-state index in [0.29, 0.717) is 12.8 Å². The number of aliphatic hydroxyl groups is 11. The van der Waals surface area contributed by atoms with Crippen LogP contribution in [0.2, 0.25) is 0 Å². The first-order valence-corrected chi connectivity index (χ1v) is 34.3. The number of amides is 1. The maximum Gasteiger partial charge on any atom is 0.220 e. The summed E-state index contributed by atoms with van der Waals surface area (Å²) in [7, 11) is 0. The second-order valence-electron chi connectivity index (χ2n) is 24.2. The predicted octanol–water partition coefficient (Wildman–Crippen LogP) is 8.71. The van der Waals surface area contributed by atoms with E-state index in [0.717, 1.165) is 64.2 Å². The summed E-state index contributed by atoms with van der Waals surface area (Å²) in [5, 5.41) is 120. The smallest absolute Gasteiger partial charge is 0.220 e. The van der Waals surface area contributed by atoms with Gasteiger partial charge in [-0.25, -0.2) is 0 Å².